The molecule has 1 unspecified atom stereocenters. The topological polar surface area (TPSA) is 81.0 Å². The normalized spacial score (nSPS) is 19.5. The fourth-order valence-electron chi connectivity index (χ4n) is 1.94. The van der Waals surface area contributed by atoms with Crippen molar-refractivity contribution in [3.8, 4) is 0 Å². The Kier molecular flexibility index (Phi) is 3.28. The van der Waals surface area contributed by atoms with E-state index in [9.17, 15) is 9.59 Å². The molecule has 7 nitrogen and oxygen atoms in total. The molecule has 0 saturated carbocycles. The molecule has 0 bridgehead atoms. The predicted molar refractivity (Wildman–Crippen MR) is 64.2 cm³/mol. The third-order valence-corrected chi connectivity index (χ3v) is 3.04. The number of nitrogens with zero attached hydrogens (tertiary/aromatic N) is 3. The van der Waals surface area contributed by atoms with Crippen LogP contribution in [0.4, 0.5) is 5.82 Å². The molecular weight excluding hydrogens is 222 g/mol. The SMILES string of the molecule is Cn1nc(NCC2CCNC2)c(=O)n(C)c1=O. The van der Waals surface area contributed by atoms with Gasteiger partial charge in [0.1, 0.15) is 0 Å². The van der Waals surface area contributed by atoms with Crippen molar-refractivity contribution in [2.45, 2.75) is 6.42 Å². The van der Waals surface area contributed by atoms with E-state index in [0.29, 0.717) is 12.5 Å². The highest BCUT2D eigenvalue weighted by Crippen LogP contribution is 2.07. The smallest absolute Gasteiger partial charge is 0.346 e. The second-order valence-corrected chi connectivity index (χ2v) is 4.36. The van der Waals surface area contributed by atoms with Crippen LogP contribution in [0.25, 0.3) is 0 Å². The van der Waals surface area contributed by atoms with Crippen molar-refractivity contribution in [2.24, 2.45) is 20.0 Å². The van der Waals surface area contributed by atoms with Crippen LogP contribution in [0, 0.1) is 5.92 Å². The van der Waals surface area contributed by atoms with Crippen LogP contribution < -0.4 is 21.9 Å². The largest absolute Gasteiger partial charge is 0.364 e. The Hall–Kier alpha value is -1.63. The Morgan fingerprint density at radius 3 is 2.88 bits per heavy atom. The first-order valence-corrected chi connectivity index (χ1v) is 5.68. The van der Waals surface area contributed by atoms with E-state index in [4.69, 9.17) is 0 Å². The van der Waals surface area contributed by atoms with Gasteiger partial charge in [0, 0.05) is 20.6 Å². The summed E-state index contributed by atoms with van der Waals surface area (Å²) in [5.41, 5.74) is -0.790. The monoisotopic (exact) mass is 239 g/mol. The maximum atomic E-state index is 11.8. The maximum absolute atomic E-state index is 11.8. The minimum Gasteiger partial charge on any atom is -0.364 e. The molecule has 0 amide bonds. The molecule has 17 heavy (non-hydrogen) atoms. The summed E-state index contributed by atoms with van der Waals surface area (Å²) in [6, 6.07) is 0. The molecule has 1 fully saturated rings. The summed E-state index contributed by atoms with van der Waals surface area (Å²) >= 11 is 0. The van der Waals surface area contributed by atoms with Gasteiger partial charge in [0.05, 0.1) is 0 Å². The van der Waals surface area contributed by atoms with Crippen molar-refractivity contribution in [1.29, 1.82) is 0 Å². The van der Waals surface area contributed by atoms with E-state index < -0.39 is 5.69 Å². The van der Waals surface area contributed by atoms with Gasteiger partial charge in [-0.1, -0.05) is 0 Å². The minimum atomic E-state index is -0.414. The van der Waals surface area contributed by atoms with Gasteiger partial charge in [0.2, 0.25) is 5.82 Å². The Balaban J connectivity index is 2.15. The van der Waals surface area contributed by atoms with Crippen LogP contribution in [-0.2, 0) is 14.1 Å². The number of hydrogen-bond acceptors (Lipinski definition) is 5. The zero-order valence-corrected chi connectivity index (χ0v) is 10.1. The summed E-state index contributed by atoms with van der Waals surface area (Å²) in [7, 11) is 2.98. The van der Waals surface area contributed by atoms with Gasteiger partial charge in [-0.05, 0) is 25.4 Å². The zero-order chi connectivity index (χ0) is 12.4. The van der Waals surface area contributed by atoms with Crippen molar-refractivity contribution < 1.29 is 0 Å². The molecule has 1 aliphatic rings. The molecule has 1 atom stereocenters. The van der Waals surface area contributed by atoms with Crippen LogP contribution in [0.5, 0.6) is 0 Å². The lowest BCUT2D eigenvalue weighted by atomic mass is 10.1. The summed E-state index contributed by atoms with van der Waals surface area (Å²) in [6.45, 7) is 2.68. The standard InChI is InChI=1S/C10H17N5O2/c1-14-9(16)8(13-15(2)10(14)17)12-6-7-3-4-11-5-7/h7,11H,3-6H2,1-2H3,(H,12,13). The van der Waals surface area contributed by atoms with E-state index >= 15 is 0 Å². The van der Waals surface area contributed by atoms with Crippen molar-refractivity contribution in [3.63, 3.8) is 0 Å². The van der Waals surface area contributed by atoms with Crippen LogP contribution in [0.3, 0.4) is 0 Å². The number of nitrogens with one attached hydrogen (secondary N) is 2. The lowest BCUT2D eigenvalue weighted by molar-refractivity contribution is 0.585. The highest BCUT2D eigenvalue weighted by molar-refractivity contribution is 5.29. The van der Waals surface area contributed by atoms with Gasteiger partial charge in [-0.15, -0.1) is 5.10 Å². The van der Waals surface area contributed by atoms with Crippen LogP contribution in [0.15, 0.2) is 9.59 Å². The molecule has 2 N–H and O–H groups in total. The summed E-state index contributed by atoms with van der Waals surface area (Å²) in [5.74, 6) is 0.750. The molecule has 0 radical (unpaired) electrons. The lowest BCUT2D eigenvalue weighted by Gasteiger charge is -2.11. The molecule has 1 aromatic heterocycles. The molecule has 7 heteroatoms. The summed E-state index contributed by atoms with van der Waals surface area (Å²) in [4.78, 5) is 23.2. The number of aryl methyl sites for hydroxylation is 1. The molecule has 1 aromatic rings. The van der Waals surface area contributed by atoms with E-state index in [2.05, 4.69) is 15.7 Å². The fraction of sp³-hybridized carbons (Fsp3) is 0.700. The maximum Gasteiger partial charge on any atom is 0.346 e. The van der Waals surface area contributed by atoms with E-state index in [1.165, 1.54) is 14.1 Å². The molecular formula is C10H17N5O2. The van der Waals surface area contributed by atoms with E-state index in [-0.39, 0.29) is 11.4 Å². The average Bonchev–Trinajstić information content (AvgIpc) is 2.82. The molecule has 0 aromatic carbocycles. The van der Waals surface area contributed by atoms with Crippen LogP contribution in [0.1, 0.15) is 6.42 Å². The van der Waals surface area contributed by atoms with Crippen LogP contribution >= 0.6 is 0 Å². The summed E-state index contributed by atoms with van der Waals surface area (Å²) in [6.07, 6.45) is 1.10. The Bertz CT molecular complexity index is 512. The van der Waals surface area contributed by atoms with Crippen molar-refractivity contribution in [3.05, 3.63) is 20.8 Å². The van der Waals surface area contributed by atoms with Gasteiger partial charge >= 0.3 is 5.69 Å². The van der Waals surface area contributed by atoms with Gasteiger partial charge in [-0.2, -0.15) is 0 Å². The lowest BCUT2D eigenvalue weighted by Crippen LogP contribution is -2.40. The van der Waals surface area contributed by atoms with Gasteiger partial charge in [-0.3, -0.25) is 9.36 Å². The average molecular weight is 239 g/mol. The number of hydrogen-bond donors (Lipinski definition) is 2. The Morgan fingerprint density at radius 1 is 1.47 bits per heavy atom. The molecule has 2 rings (SSSR count). The van der Waals surface area contributed by atoms with E-state index in [0.717, 1.165) is 28.8 Å². The first-order chi connectivity index (χ1) is 8.09. The quantitative estimate of drug-likeness (QED) is 0.671. The third-order valence-electron chi connectivity index (χ3n) is 3.04. The number of anilines is 1. The molecule has 1 aliphatic heterocycles. The van der Waals surface area contributed by atoms with Gasteiger partial charge < -0.3 is 10.6 Å². The van der Waals surface area contributed by atoms with Gasteiger partial charge in [0.25, 0.3) is 5.56 Å². The van der Waals surface area contributed by atoms with Crippen molar-refractivity contribution >= 4 is 5.82 Å². The van der Waals surface area contributed by atoms with Crippen molar-refractivity contribution in [1.82, 2.24) is 19.7 Å². The molecule has 1 saturated heterocycles. The second-order valence-electron chi connectivity index (χ2n) is 4.36. The number of aromatic nitrogens is 3. The van der Waals surface area contributed by atoms with Gasteiger partial charge in [-0.25, -0.2) is 9.48 Å². The molecule has 0 spiro atoms. The summed E-state index contributed by atoms with van der Waals surface area (Å²) < 4.78 is 2.22. The van der Waals surface area contributed by atoms with Crippen molar-refractivity contribution in [2.75, 3.05) is 25.0 Å². The number of rotatable bonds is 3. The third kappa shape index (κ3) is 2.38. The zero-order valence-electron chi connectivity index (χ0n) is 10.1. The fourth-order valence-corrected chi connectivity index (χ4v) is 1.94. The van der Waals surface area contributed by atoms with E-state index in [1.54, 1.807) is 0 Å². The van der Waals surface area contributed by atoms with Gasteiger partial charge in [0.15, 0.2) is 0 Å². The Labute approximate surface area is 98.5 Å². The molecule has 0 aliphatic carbocycles. The first-order valence-electron chi connectivity index (χ1n) is 5.68. The molecule has 2 heterocycles. The first kappa shape index (κ1) is 11.8. The second kappa shape index (κ2) is 4.70. The summed E-state index contributed by atoms with van der Waals surface area (Å²) in [5, 5.41) is 10.2. The van der Waals surface area contributed by atoms with Crippen LogP contribution in [0.2, 0.25) is 0 Å². The minimum absolute atomic E-state index is 0.238. The predicted octanol–water partition coefficient (Wildman–Crippen LogP) is -1.50. The Morgan fingerprint density at radius 2 is 2.24 bits per heavy atom. The molecule has 94 valence electrons. The van der Waals surface area contributed by atoms with Crippen LogP contribution in [-0.4, -0.2) is 34.0 Å². The highest BCUT2D eigenvalue weighted by atomic mass is 16.2. The highest BCUT2D eigenvalue weighted by Gasteiger charge is 2.15. The van der Waals surface area contributed by atoms with E-state index in [1.807, 2.05) is 0 Å².